The second-order valence-corrected chi connectivity index (χ2v) is 12.6. The smallest absolute Gasteiger partial charge is 0.377 e. The lowest BCUT2D eigenvalue weighted by Gasteiger charge is -2.25. The summed E-state index contributed by atoms with van der Waals surface area (Å²) in [6, 6.07) is 0.661. The number of imide groups is 1. The van der Waals surface area contributed by atoms with Crippen molar-refractivity contribution >= 4 is 29.4 Å². The van der Waals surface area contributed by atoms with E-state index in [1.165, 1.54) is 4.90 Å². The predicted molar refractivity (Wildman–Crippen MR) is 106 cm³/mol. The van der Waals surface area contributed by atoms with Gasteiger partial charge in [-0.05, 0) is 19.4 Å². The summed E-state index contributed by atoms with van der Waals surface area (Å²) in [5.74, 6) is -0.366. The minimum Gasteiger partial charge on any atom is -0.377 e. The molecule has 0 spiro atoms. The van der Waals surface area contributed by atoms with Crippen molar-refractivity contribution in [3.63, 3.8) is 0 Å². The van der Waals surface area contributed by atoms with Gasteiger partial charge in [0.15, 0.2) is 0 Å². The molecule has 0 radical (unpaired) electrons. The van der Waals surface area contributed by atoms with Crippen LogP contribution in [0.4, 0.5) is 0 Å². The highest BCUT2D eigenvalue weighted by Gasteiger charge is 2.41. The Bertz CT molecular complexity index is 487. The Labute approximate surface area is 169 Å². The number of carbonyl (C=O) groups excluding carboxylic acids is 2. The number of nitrogens with zero attached hydrogens (tertiary/aromatic N) is 1. The first-order chi connectivity index (χ1) is 13.4. The maximum Gasteiger partial charge on any atom is 0.500 e. The normalized spacial score (nSPS) is 18.4. The van der Waals surface area contributed by atoms with Crippen LogP contribution in [-0.4, -0.2) is 96.1 Å². The van der Waals surface area contributed by atoms with Gasteiger partial charge < -0.3 is 31.9 Å². The topological polar surface area (TPSA) is 105 Å². The van der Waals surface area contributed by atoms with Gasteiger partial charge in [-0.3, -0.25) is 14.5 Å². The summed E-state index contributed by atoms with van der Waals surface area (Å²) in [7, 11) is 4.01. The first-order valence-electron chi connectivity index (χ1n) is 9.25. The number of amides is 2. The third-order valence-electron chi connectivity index (χ3n) is 5.03. The van der Waals surface area contributed by atoms with Crippen LogP contribution >= 0.6 is 0 Å². The maximum absolute atomic E-state index is 12.5. The van der Waals surface area contributed by atoms with Crippen LogP contribution in [0.5, 0.6) is 0 Å². The summed E-state index contributed by atoms with van der Waals surface area (Å²) >= 11 is 0. The summed E-state index contributed by atoms with van der Waals surface area (Å²) in [4.78, 5) is 26.1. The fourth-order valence-corrected chi connectivity index (χ4v) is 6.65. The minimum atomic E-state index is -2.70. The van der Waals surface area contributed by atoms with Crippen molar-refractivity contribution < 1.29 is 36.1 Å². The summed E-state index contributed by atoms with van der Waals surface area (Å²) in [6.45, 7) is 0.892. The van der Waals surface area contributed by atoms with Gasteiger partial charge in [-0.1, -0.05) is 0 Å². The summed E-state index contributed by atoms with van der Waals surface area (Å²) in [5.41, 5.74) is 0. The molecule has 12 heteroatoms. The van der Waals surface area contributed by atoms with Gasteiger partial charge in [0.05, 0.1) is 12.5 Å². The Morgan fingerprint density at radius 2 is 1.32 bits per heavy atom. The Morgan fingerprint density at radius 1 is 0.857 bits per heavy atom. The fraction of sp³-hybridized carbons (Fsp3) is 0.875. The van der Waals surface area contributed by atoms with E-state index in [1.54, 1.807) is 42.7 Å². The van der Waals surface area contributed by atoms with E-state index in [1.807, 2.05) is 0 Å². The van der Waals surface area contributed by atoms with E-state index in [-0.39, 0.29) is 18.2 Å². The third kappa shape index (κ3) is 6.40. The first kappa shape index (κ1) is 25.3. The summed E-state index contributed by atoms with van der Waals surface area (Å²) in [6.07, 6.45) is 1.45. The van der Waals surface area contributed by atoms with Gasteiger partial charge in [-0.25, -0.2) is 0 Å². The lowest BCUT2D eigenvalue weighted by molar-refractivity contribution is -0.138. The van der Waals surface area contributed by atoms with Crippen LogP contribution in [0.2, 0.25) is 12.1 Å². The lowest BCUT2D eigenvalue weighted by Crippen LogP contribution is -2.45. The number of nitrogens with one attached hydrogen (secondary N) is 1. The van der Waals surface area contributed by atoms with E-state index in [0.717, 1.165) is 0 Å². The second kappa shape index (κ2) is 12.1. The minimum absolute atomic E-state index is 0.168. The Kier molecular flexibility index (Phi) is 10.9. The largest absolute Gasteiger partial charge is 0.500 e. The van der Waals surface area contributed by atoms with Gasteiger partial charge in [0.25, 0.3) is 0 Å². The molecule has 1 fully saturated rings. The second-order valence-electron chi connectivity index (χ2n) is 6.39. The molecule has 1 saturated heterocycles. The van der Waals surface area contributed by atoms with Gasteiger partial charge in [-0.2, -0.15) is 0 Å². The van der Waals surface area contributed by atoms with Crippen molar-refractivity contribution in [3.8, 4) is 0 Å². The van der Waals surface area contributed by atoms with Crippen molar-refractivity contribution in [1.29, 1.82) is 0 Å². The monoisotopic (exact) mass is 438 g/mol. The van der Waals surface area contributed by atoms with E-state index >= 15 is 0 Å². The summed E-state index contributed by atoms with van der Waals surface area (Å²) < 4.78 is 32.2. The first-order valence-corrected chi connectivity index (χ1v) is 13.1. The Balaban J connectivity index is 2.44. The molecule has 1 atom stereocenters. The van der Waals surface area contributed by atoms with E-state index < -0.39 is 23.7 Å². The van der Waals surface area contributed by atoms with Gasteiger partial charge >= 0.3 is 17.6 Å². The molecule has 1 aliphatic heterocycles. The predicted octanol–water partition coefficient (Wildman–Crippen LogP) is 0.240. The average molecular weight is 439 g/mol. The fourth-order valence-electron chi connectivity index (χ4n) is 3.22. The van der Waals surface area contributed by atoms with Crippen LogP contribution in [0.25, 0.3) is 0 Å². The Morgan fingerprint density at radius 3 is 1.79 bits per heavy atom. The number of hydrogen-bond acceptors (Lipinski definition) is 9. The van der Waals surface area contributed by atoms with Crippen molar-refractivity contribution in [3.05, 3.63) is 0 Å². The van der Waals surface area contributed by atoms with Crippen LogP contribution in [0, 0.1) is 0 Å². The molecule has 0 bridgehead atoms. The molecule has 1 heterocycles. The van der Waals surface area contributed by atoms with Crippen LogP contribution in [0.15, 0.2) is 0 Å². The quantitative estimate of drug-likeness (QED) is 0.219. The SMILES string of the molecule is CO[Si](CCCNC1CC(=O)N(CCC[Si](OC)(OC)OC)C1=O)(OC)OC. The van der Waals surface area contributed by atoms with E-state index in [9.17, 15) is 9.59 Å². The van der Waals surface area contributed by atoms with Crippen LogP contribution in [-0.2, 0) is 36.1 Å². The molecule has 0 aromatic carbocycles. The molecule has 2 amide bonds. The molecule has 1 rings (SSSR count). The van der Waals surface area contributed by atoms with Gasteiger partial charge in [0.1, 0.15) is 0 Å². The van der Waals surface area contributed by atoms with Crippen LogP contribution in [0.3, 0.4) is 0 Å². The third-order valence-corrected chi connectivity index (χ3v) is 10.7. The average Bonchev–Trinajstić information content (AvgIpc) is 2.99. The molecule has 0 aromatic heterocycles. The number of likely N-dealkylation sites (tertiary alicyclic amines) is 1. The zero-order chi connectivity index (χ0) is 21.2. The molecule has 164 valence electrons. The molecule has 0 saturated carbocycles. The van der Waals surface area contributed by atoms with Crippen LogP contribution in [0.1, 0.15) is 19.3 Å². The molecular formula is C16H34N2O8Si2. The highest BCUT2D eigenvalue weighted by atomic mass is 28.4. The van der Waals surface area contributed by atoms with Crippen molar-refractivity contribution in [1.82, 2.24) is 10.2 Å². The van der Waals surface area contributed by atoms with Gasteiger partial charge in [0, 0.05) is 61.3 Å². The lowest BCUT2D eigenvalue weighted by atomic mass is 10.2. The highest BCUT2D eigenvalue weighted by molar-refractivity contribution is 6.60. The number of rotatable bonds is 15. The van der Waals surface area contributed by atoms with E-state index in [0.29, 0.717) is 38.0 Å². The number of hydrogen-bond donors (Lipinski definition) is 1. The zero-order valence-electron chi connectivity index (χ0n) is 17.7. The molecule has 1 aliphatic rings. The maximum atomic E-state index is 12.5. The molecular weight excluding hydrogens is 404 g/mol. The Hall–Kier alpha value is -0.706. The van der Waals surface area contributed by atoms with Crippen LogP contribution < -0.4 is 5.32 Å². The molecule has 28 heavy (non-hydrogen) atoms. The van der Waals surface area contributed by atoms with E-state index in [2.05, 4.69) is 5.32 Å². The zero-order valence-corrected chi connectivity index (χ0v) is 19.7. The molecule has 1 N–H and O–H groups in total. The molecule has 0 aliphatic carbocycles. The highest BCUT2D eigenvalue weighted by Crippen LogP contribution is 2.19. The van der Waals surface area contributed by atoms with Crippen molar-refractivity contribution in [2.24, 2.45) is 0 Å². The van der Waals surface area contributed by atoms with Gasteiger partial charge in [0.2, 0.25) is 11.8 Å². The summed E-state index contributed by atoms with van der Waals surface area (Å²) in [5, 5.41) is 3.15. The van der Waals surface area contributed by atoms with Gasteiger partial charge in [-0.15, -0.1) is 0 Å². The van der Waals surface area contributed by atoms with E-state index in [4.69, 9.17) is 26.6 Å². The standard InChI is InChI=1S/C16H34N2O8Si2/c1-21-27(22-2,23-3)11-7-9-17-14-13-15(19)18(16(14)20)10-8-12-28(24-4,25-5)26-6/h14,17H,7-13H2,1-6H3. The van der Waals surface area contributed by atoms with Crippen molar-refractivity contribution in [2.75, 3.05) is 55.7 Å². The number of carbonyl (C=O) groups is 2. The molecule has 10 nitrogen and oxygen atoms in total. The molecule has 0 aromatic rings. The molecule has 1 unspecified atom stereocenters. The van der Waals surface area contributed by atoms with Crippen molar-refractivity contribution in [2.45, 2.75) is 37.4 Å².